The first-order valence-corrected chi connectivity index (χ1v) is 6.76. The summed E-state index contributed by atoms with van der Waals surface area (Å²) in [7, 11) is 0. The van der Waals surface area contributed by atoms with Gasteiger partial charge in [0.2, 0.25) is 0 Å². The van der Waals surface area contributed by atoms with Gasteiger partial charge in [-0.15, -0.1) is 0 Å². The summed E-state index contributed by atoms with van der Waals surface area (Å²) >= 11 is 0. The van der Waals surface area contributed by atoms with E-state index in [-0.39, 0.29) is 5.97 Å². The van der Waals surface area contributed by atoms with Crippen LogP contribution in [0.5, 0.6) is 0 Å². The zero-order chi connectivity index (χ0) is 14.4. The highest BCUT2D eigenvalue weighted by Crippen LogP contribution is 2.25. The van der Waals surface area contributed by atoms with Crippen molar-refractivity contribution in [3.05, 3.63) is 23.8 Å². The summed E-state index contributed by atoms with van der Waals surface area (Å²) in [5.41, 5.74) is 7.69. The van der Waals surface area contributed by atoms with Gasteiger partial charge in [0.05, 0.1) is 23.5 Å². The molecule has 1 atom stereocenters. The van der Waals surface area contributed by atoms with Gasteiger partial charge in [0.15, 0.2) is 0 Å². The van der Waals surface area contributed by atoms with Crippen LogP contribution in [0.2, 0.25) is 0 Å². The number of rotatable bonds is 6. The molecule has 0 spiro atoms. The van der Waals surface area contributed by atoms with Gasteiger partial charge >= 0.3 is 5.97 Å². The van der Waals surface area contributed by atoms with Crippen LogP contribution in [0.15, 0.2) is 18.2 Å². The van der Waals surface area contributed by atoms with Crippen molar-refractivity contribution in [3.63, 3.8) is 0 Å². The minimum absolute atomic E-state index is 0.338. The second kappa shape index (κ2) is 7.02. The van der Waals surface area contributed by atoms with Gasteiger partial charge in [0.25, 0.3) is 0 Å². The maximum Gasteiger partial charge on any atom is 0.340 e. The van der Waals surface area contributed by atoms with E-state index < -0.39 is 0 Å². The van der Waals surface area contributed by atoms with Gasteiger partial charge in [-0.2, -0.15) is 0 Å². The highest BCUT2D eigenvalue weighted by Gasteiger charge is 2.16. The molecular formula is C15H24N2O2. The summed E-state index contributed by atoms with van der Waals surface area (Å²) in [4.78, 5) is 11.9. The van der Waals surface area contributed by atoms with E-state index in [4.69, 9.17) is 10.5 Å². The van der Waals surface area contributed by atoms with E-state index >= 15 is 0 Å². The number of esters is 1. The number of hydrogen-bond acceptors (Lipinski definition) is 4. The molecule has 4 heteroatoms. The molecule has 0 aliphatic carbocycles. The van der Waals surface area contributed by atoms with E-state index in [1.807, 2.05) is 0 Å². The lowest BCUT2D eigenvalue weighted by molar-refractivity contribution is 0.0527. The Bertz CT molecular complexity index is 430. The van der Waals surface area contributed by atoms with Crippen molar-refractivity contribution >= 4 is 17.3 Å². The molecule has 0 heterocycles. The van der Waals surface area contributed by atoms with Crippen molar-refractivity contribution in [3.8, 4) is 0 Å². The van der Waals surface area contributed by atoms with Crippen LogP contribution >= 0.6 is 0 Å². The van der Waals surface area contributed by atoms with E-state index in [2.05, 4.69) is 26.1 Å². The molecule has 0 aliphatic heterocycles. The molecule has 0 aromatic heterocycles. The molecule has 0 bridgehead atoms. The van der Waals surface area contributed by atoms with Crippen LogP contribution in [0, 0.1) is 11.8 Å². The van der Waals surface area contributed by atoms with E-state index in [1.165, 1.54) is 0 Å². The molecule has 0 saturated heterocycles. The molecule has 106 valence electrons. The Morgan fingerprint density at radius 3 is 2.63 bits per heavy atom. The Balaban J connectivity index is 2.89. The number of nitrogen functional groups attached to an aromatic ring is 1. The number of carbonyl (C=O) groups excluding carboxylic acids is 1. The largest absolute Gasteiger partial charge is 0.462 e. The topological polar surface area (TPSA) is 64.3 Å². The average molecular weight is 264 g/mol. The standard InChI is InChI=1S/C15H24N2O2/c1-5-19-15(18)12-7-6-8-13(16)14(12)17-9-11(4)10(2)3/h6-8,10-11,17H,5,9,16H2,1-4H3. The fourth-order valence-corrected chi connectivity index (χ4v) is 1.65. The summed E-state index contributed by atoms with van der Waals surface area (Å²) in [6, 6.07) is 5.28. The third-order valence-electron chi connectivity index (χ3n) is 3.33. The van der Waals surface area contributed by atoms with Crippen LogP contribution in [0.4, 0.5) is 11.4 Å². The first-order valence-electron chi connectivity index (χ1n) is 6.76. The van der Waals surface area contributed by atoms with Crippen LogP contribution < -0.4 is 11.1 Å². The molecule has 19 heavy (non-hydrogen) atoms. The van der Waals surface area contributed by atoms with Crippen LogP contribution in [0.3, 0.4) is 0 Å². The monoisotopic (exact) mass is 264 g/mol. The van der Waals surface area contributed by atoms with Gasteiger partial charge in [-0.1, -0.05) is 26.8 Å². The fourth-order valence-electron chi connectivity index (χ4n) is 1.65. The predicted octanol–water partition coefficient (Wildman–Crippen LogP) is 3.15. The molecule has 4 nitrogen and oxygen atoms in total. The maximum absolute atomic E-state index is 11.9. The molecule has 1 aromatic rings. The van der Waals surface area contributed by atoms with Crippen molar-refractivity contribution in [2.75, 3.05) is 24.2 Å². The minimum atomic E-state index is -0.338. The van der Waals surface area contributed by atoms with Gasteiger partial charge in [-0.05, 0) is 30.9 Å². The third kappa shape index (κ3) is 4.16. The van der Waals surface area contributed by atoms with Gasteiger partial charge in [0.1, 0.15) is 0 Å². The SMILES string of the molecule is CCOC(=O)c1cccc(N)c1NCC(C)C(C)C. The zero-order valence-corrected chi connectivity index (χ0v) is 12.2. The maximum atomic E-state index is 11.9. The number of nitrogens with two attached hydrogens (primary N) is 1. The Kier molecular flexibility index (Phi) is 5.67. The number of anilines is 2. The summed E-state index contributed by atoms with van der Waals surface area (Å²) in [5.74, 6) is 0.729. The van der Waals surface area contributed by atoms with Crippen molar-refractivity contribution in [1.29, 1.82) is 0 Å². The molecule has 0 fully saturated rings. The summed E-state index contributed by atoms with van der Waals surface area (Å²) in [6.45, 7) is 9.44. The van der Waals surface area contributed by atoms with Crippen molar-refractivity contribution in [2.24, 2.45) is 11.8 Å². The van der Waals surface area contributed by atoms with Gasteiger partial charge in [0, 0.05) is 6.54 Å². The van der Waals surface area contributed by atoms with Crippen LogP contribution in [-0.2, 0) is 4.74 Å². The summed E-state index contributed by atoms with van der Waals surface area (Å²) in [5, 5.41) is 3.28. The van der Waals surface area contributed by atoms with E-state index in [0.29, 0.717) is 35.4 Å². The first-order chi connectivity index (χ1) is 8.97. The lowest BCUT2D eigenvalue weighted by atomic mass is 9.98. The number of benzene rings is 1. The second-order valence-corrected chi connectivity index (χ2v) is 5.09. The Hall–Kier alpha value is -1.71. The van der Waals surface area contributed by atoms with Crippen LogP contribution in [-0.4, -0.2) is 19.1 Å². The number of hydrogen-bond donors (Lipinski definition) is 2. The smallest absolute Gasteiger partial charge is 0.340 e. The Morgan fingerprint density at radius 2 is 2.05 bits per heavy atom. The highest BCUT2D eigenvalue weighted by atomic mass is 16.5. The Morgan fingerprint density at radius 1 is 1.37 bits per heavy atom. The highest BCUT2D eigenvalue weighted by molar-refractivity contribution is 5.98. The van der Waals surface area contributed by atoms with Crippen LogP contribution in [0.25, 0.3) is 0 Å². The van der Waals surface area contributed by atoms with Crippen molar-refractivity contribution in [2.45, 2.75) is 27.7 Å². The zero-order valence-electron chi connectivity index (χ0n) is 12.2. The molecule has 1 aromatic carbocycles. The molecule has 0 aliphatic rings. The van der Waals surface area contributed by atoms with Crippen LogP contribution in [0.1, 0.15) is 38.1 Å². The van der Waals surface area contributed by atoms with E-state index in [1.54, 1.807) is 25.1 Å². The van der Waals surface area contributed by atoms with Crippen molar-refractivity contribution < 1.29 is 9.53 Å². The fraction of sp³-hybridized carbons (Fsp3) is 0.533. The average Bonchev–Trinajstić information content (AvgIpc) is 2.36. The minimum Gasteiger partial charge on any atom is -0.462 e. The molecule has 1 rings (SSSR count). The lowest BCUT2D eigenvalue weighted by Gasteiger charge is -2.19. The molecule has 1 unspecified atom stereocenters. The quantitative estimate of drug-likeness (QED) is 0.612. The van der Waals surface area contributed by atoms with Gasteiger partial charge < -0.3 is 15.8 Å². The molecule has 0 saturated carbocycles. The van der Waals surface area contributed by atoms with E-state index in [0.717, 1.165) is 6.54 Å². The number of nitrogens with one attached hydrogen (secondary N) is 1. The molecular weight excluding hydrogens is 240 g/mol. The van der Waals surface area contributed by atoms with Gasteiger partial charge in [-0.25, -0.2) is 4.79 Å². The summed E-state index contributed by atoms with van der Waals surface area (Å²) in [6.07, 6.45) is 0. The normalized spacial score (nSPS) is 12.3. The number of carbonyl (C=O) groups is 1. The first kappa shape index (κ1) is 15.3. The predicted molar refractivity (Wildman–Crippen MR) is 79.3 cm³/mol. The molecule has 3 N–H and O–H groups in total. The van der Waals surface area contributed by atoms with Gasteiger partial charge in [-0.3, -0.25) is 0 Å². The van der Waals surface area contributed by atoms with E-state index in [9.17, 15) is 4.79 Å². The summed E-state index contributed by atoms with van der Waals surface area (Å²) < 4.78 is 5.04. The molecule has 0 amide bonds. The number of ether oxygens (including phenoxy) is 1. The second-order valence-electron chi connectivity index (χ2n) is 5.09. The lowest BCUT2D eigenvalue weighted by Crippen LogP contribution is -2.19. The molecule has 0 radical (unpaired) electrons. The third-order valence-corrected chi connectivity index (χ3v) is 3.33. The Labute approximate surface area is 115 Å². The number of para-hydroxylation sites is 1. The van der Waals surface area contributed by atoms with Crippen molar-refractivity contribution in [1.82, 2.24) is 0 Å².